The zero-order valence-electron chi connectivity index (χ0n) is 12.7. The topological polar surface area (TPSA) is 20.2 Å². The van der Waals surface area contributed by atoms with E-state index in [0.29, 0.717) is 0 Å². The zero-order valence-corrected chi connectivity index (χ0v) is 12.7. The van der Waals surface area contributed by atoms with Crippen LogP contribution in [0.5, 0.6) is 0 Å². The number of aryl methyl sites for hydroxylation is 1. The number of benzene rings is 1. The van der Waals surface area contributed by atoms with Crippen molar-refractivity contribution in [1.29, 1.82) is 0 Å². The molecule has 0 radical (unpaired) electrons. The van der Waals surface area contributed by atoms with Crippen molar-refractivity contribution in [3.8, 4) is 0 Å². The summed E-state index contributed by atoms with van der Waals surface area (Å²) in [4.78, 5) is 0. The van der Waals surface area contributed by atoms with E-state index in [0.717, 1.165) is 49.5 Å². The van der Waals surface area contributed by atoms with E-state index in [-0.39, 0.29) is 0 Å². The Morgan fingerprint density at radius 3 is 2.21 bits per heavy atom. The van der Waals surface area contributed by atoms with E-state index in [1.54, 1.807) is 0 Å². The molecule has 1 fully saturated rings. The smallest absolute Gasteiger partial charge is 0.0896 e. The molecule has 1 heteroatoms. The minimum Gasteiger partial charge on any atom is -0.385 e. The third kappa shape index (κ3) is 3.39. The molecule has 0 unspecified atom stereocenters. The summed E-state index contributed by atoms with van der Waals surface area (Å²) in [6.07, 6.45) is 6.47. The largest absolute Gasteiger partial charge is 0.385 e. The average molecular weight is 260 g/mol. The molecule has 0 spiro atoms. The van der Waals surface area contributed by atoms with Crippen LogP contribution in [0.1, 0.15) is 64.0 Å². The Labute approximate surface area is 118 Å². The van der Waals surface area contributed by atoms with Crippen LogP contribution in [-0.4, -0.2) is 5.11 Å². The van der Waals surface area contributed by atoms with Gasteiger partial charge in [0.1, 0.15) is 0 Å². The Kier molecular flexibility index (Phi) is 4.67. The van der Waals surface area contributed by atoms with E-state index < -0.39 is 5.60 Å². The molecule has 0 aliphatic heterocycles. The van der Waals surface area contributed by atoms with Crippen molar-refractivity contribution in [1.82, 2.24) is 0 Å². The highest BCUT2D eigenvalue weighted by molar-refractivity contribution is 5.27. The maximum atomic E-state index is 10.9. The molecule has 0 bridgehead atoms. The summed E-state index contributed by atoms with van der Waals surface area (Å²) in [7, 11) is 0. The van der Waals surface area contributed by atoms with Crippen LogP contribution in [0.4, 0.5) is 0 Å². The van der Waals surface area contributed by atoms with E-state index in [4.69, 9.17) is 0 Å². The van der Waals surface area contributed by atoms with Crippen molar-refractivity contribution in [3.05, 3.63) is 35.4 Å². The predicted octanol–water partition coefficient (Wildman–Crippen LogP) is 4.67. The highest BCUT2D eigenvalue weighted by Gasteiger charge is 2.35. The minimum absolute atomic E-state index is 0.573. The standard InChI is InChI=1S/C18H28O/c1-4-5-15-6-8-17(9-7-15)18(19)12-10-16(11-13-18)14(2)3/h6-9,14,16,19H,4-5,10-13H2,1-3H3. The van der Waals surface area contributed by atoms with Gasteiger partial charge in [-0.25, -0.2) is 0 Å². The molecule has 0 atom stereocenters. The fraction of sp³-hybridized carbons (Fsp3) is 0.667. The lowest BCUT2D eigenvalue weighted by molar-refractivity contribution is -0.0199. The van der Waals surface area contributed by atoms with Gasteiger partial charge in [0.25, 0.3) is 0 Å². The number of rotatable bonds is 4. The first-order valence-electron chi connectivity index (χ1n) is 7.87. The lowest BCUT2D eigenvalue weighted by Crippen LogP contribution is -2.32. The van der Waals surface area contributed by atoms with Crippen LogP contribution in [0.2, 0.25) is 0 Å². The quantitative estimate of drug-likeness (QED) is 0.834. The molecular weight excluding hydrogens is 232 g/mol. The summed E-state index contributed by atoms with van der Waals surface area (Å²) in [5, 5.41) is 10.9. The van der Waals surface area contributed by atoms with Gasteiger partial charge in [0.15, 0.2) is 0 Å². The van der Waals surface area contributed by atoms with Gasteiger partial charge in [0.05, 0.1) is 5.60 Å². The summed E-state index contributed by atoms with van der Waals surface area (Å²) < 4.78 is 0. The summed E-state index contributed by atoms with van der Waals surface area (Å²) in [6, 6.07) is 8.65. The van der Waals surface area contributed by atoms with Gasteiger partial charge in [-0.3, -0.25) is 0 Å². The van der Waals surface area contributed by atoms with E-state index in [1.807, 2.05) is 0 Å². The highest BCUT2D eigenvalue weighted by Crippen LogP contribution is 2.41. The van der Waals surface area contributed by atoms with Crippen molar-refractivity contribution in [2.45, 2.75) is 64.9 Å². The molecule has 19 heavy (non-hydrogen) atoms. The van der Waals surface area contributed by atoms with Gasteiger partial charge in [-0.15, -0.1) is 0 Å². The second-order valence-electron chi connectivity index (χ2n) is 6.56. The molecule has 0 heterocycles. The Morgan fingerprint density at radius 2 is 1.74 bits per heavy atom. The monoisotopic (exact) mass is 260 g/mol. The average Bonchev–Trinajstić information content (AvgIpc) is 2.40. The lowest BCUT2D eigenvalue weighted by atomic mass is 9.72. The van der Waals surface area contributed by atoms with Gasteiger partial charge in [0, 0.05) is 0 Å². The summed E-state index contributed by atoms with van der Waals surface area (Å²) >= 11 is 0. The van der Waals surface area contributed by atoms with Crippen molar-refractivity contribution in [3.63, 3.8) is 0 Å². The molecule has 106 valence electrons. The molecule has 1 nitrogen and oxygen atoms in total. The fourth-order valence-electron chi connectivity index (χ4n) is 3.34. The molecule has 1 N–H and O–H groups in total. The summed E-state index contributed by atoms with van der Waals surface area (Å²) in [5.74, 6) is 1.54. The fourth-order valence-corrected chi connectivity index (χ4v) is 3.34. The van der Waals surface area contributed by atoms with Gasteiger partial charge in [0.2, 0.25) is 0 Å². The van der Waals surface area contributed by atoms with Gasteiger partial charge < -0.3 is 5.11 Å². The molecular formula is C18H28O. The molecule has 1 aliphatic carbocycles. The molecule has 1 aliphatic rings. The lowest BCUT2D eigenvalue weighted by Gasteiger charge is -2.38. The normalized spacial score (nSPS) is 27.7. The van der Waals surface area contributed by atoms with Crippen LogP contribution in [0.25, 0.3) is 0 Å². The molecule has 0 saturated heterocycles. The Hall–Kier alpha value is -0.820. The Morgan fingerprint density at radius 1 is 1.16 bits per heavy atom. The highest BCUT2D eigenvalue weighted by atomic mass is 16.3. The van der Waals surface area contributed by atoms with Crippen molar-refractivity contribution in [2.24, 2.45) is 11.8 Å². The Bertz CT molecular complexity index is 383. The first-order chi connectivity index (χ1) is 9.05. The first-order valence-corrected chi connectivity index (χ1v) is 7.87. The number of hydrogen-bond acceptors (Lipinski definition) is 1. The second kappa shape index (κ2) is 6.09. The third-order valence-electron chi connectivity index (χ3n) is 4.83. The zero-order chi connectivity index (χ0) is 13.9. The van der Waals surface area contributed by atoms with Crippen LogP contribution < -0.4 is 0 Å². The Balaban J connectivity index is 2.04. The molecule has 1 saturated carbocycles. The van der Waals surface area contributed by atoms with Crippen LogP contribution in [0.15, 0.2) is 24.3 Å². The summed E-state index contributed by atoms with van der Waals surface area (Å²) in [6.45, 7) is 6.80. The molecule has 0 amide bonds. The molecule has 1 aromatic rings. The van der Waals surface area contributed by atoms with Crippen LogP contribution in [0.3, 0.4) is 0 Å². The van der Waals surface area contributed by atoms with Crippen molar-refractivity contribution in [2.75, 3.05) is 0 Å². The molecule has 0 aromatic heterocycles. The van der Waals surface area contributed by atoms with Crippen LogP contribution in [-0.2, 0) is 12.0 Å². The van der Waals surface area contributed by atoms with Gasteiger partial charge in [-0.2, -0.15) is 0 Å². The van der Waals surface area contributed by atoms with Gasteiger partial charge in [-0.1, -0.05) is 51.5 Å². The maximum Gasteiger partial charge on any atom is 0.0896 e. The second-order valence-corrected chi connectivity index (χ2v) is 6.56. The van der Waals surface area contributed by atoms with Crippen LogP contribution >= 0.6 is 0 Å². The van der Waals surface area contributed by atoms with E-state index in [2.05, 4.69) is 45.0 Å². The number of hydrogen-bond donors (Lipinski definition) is 1. The first kappa shape index (κ1) is 14.6. The van der Waals surface area contributed by atoms with E-state index in [1.165, 1.54) is 12.0 Å². The minimum atomic E-state index is -0.573. The maximum absolute atomic E-state index is 10.9. The number of aliphatic hydroxyl groups is 1. The van der Waals surface area contributed by atoms with E-state index in [9.17, 15) is 5.11 Å². The van der Waals surface area contributed by atoms with E-state index >= 15 is 0 Å². The molecule has 2 rings (SSSR count). The van der Waals surface area contributed by atoms with Gasteiger partial charge in [-0.05, 0) is 55.1 Å². The van der Waals surface area contributed by atoms with Crippen LogP contribution in [0, 0.1) is 11.8 Å². The SMILES string of the molecule is CCCc1ccc(C2(O)CCC(C(C)C)CC2)cc1. The predicted molar refractivity (Wildman–Crippen MR) is 81.1 cm³/mol. The molecule has 1 aromatic carbocycles. The van der Waals surface area contributed by atoms with Gasteiger partial charge >= 0.3 is 0 Å². The summed E-state index contributed by atoms with van der Waals surface area (Å²) in [5.41, 5.74) is 1.93. The van der Waals surface area contributed by atoms with Crippen molar-refractivity contribution < 1.29 is 5.11 Å². The third-order valence-corrected chi connectivity index (χ3v) is 4.83. The van der Waals surface area contributed by atoms with Crippen molar-refractivity contribution >= 4 is 0 Å².